The maximum absolute atomic E-state index is 14.5. The Morgan fingerprint density at radius 2 is 1.08 bits per heavy atom. The van der Waals surface area contributed by atoms with Crippen LogP contribution >= 0.6 is 15.2 Å². The van der Waals surface area contributed by atoms with Crippen LogP contribution in [0, 0.1) is 0 Å². The van der Waals surface area contributed by atoms with Crippen molar-refractivity contribution >= 4 is 32.0 Å². The fourth-order valence-electron chi connectivity index (χ4n) is 3.53. The minimum atomic E-state index is -4.08. The number of unbranched alkanes of at least 4 members (excludes halogenated alkanes) is 4. The zero-order chi connectivity index (χ0) is 27.2. The molecule has 0 bridgehead atoms. The number of aromatic hydroxyl groups is 1. The van der Waals surface area contributed by atoms with Crippen LogP contribution in [-0.2, 0) is 27.2 Å². The van der Waals surface area contributed by atoms with E-state index in [0.717, 1.165) is 25.7 Å². The van der Waals surface area contributed by atoms with Gasteiger partial charge in [0.15, 0.2) is 5.06 Å². The van der Waals surface area contributed by atoms with E-state index in [2.05, 4.69) is 0 Å². The van der Waals surface area contributed by atoms with Crippen molar-refractivity contribution in [2.45, 2.75) is 79.1 Å². The lowest BCUT2D eigenvalue weighted by atomic mass is 10.0. The Labute approximate surface area is 222 Å². The molecule has 0 heterocycles. The quantitative estimate of drug-likeness (QED) is 0.137. The van der Waals surface area contributed by atoms with E-state index < -0.39 is 15.2 Å². The van der Waals surface area contributed by atoms with Crippen molar-refractivity contribution in [1.29, 1.82) is 0 Å². The summed E-state index contributed by atoms with van der Waals surface area (Å²) in [5, 5.41) is 11.6. The van der Waals surface area contributed by atoms with Crippen LogP contribution in [0.3, 0.4) is 0 Å². The van der Waals surface area contributed by atoms with E-state index in [1.807, 2.05) is 45.9 Å². The van der Waals surface area contributed by atoms with Gasteiger partial charge in [-0.25, -0.2) is 0 Å². The predicted molar refractivity (Wildman–Crippen MR) is 152 cm³/mol. The summed E-state index contributed by atoms with van der Waals surface area (Å²) in [5.74, 6) is 0.123. The number of phenols is 1. The molecule has 0 saturated heterocycles. The molecule has 0 aliphatic rings. The highest BCUT2D eigenvalue weighted by Gasteiger charge is 2.45. The number of benzene rings is 2. The van der Waals surface area contributed by atoms with Gasteiger partial charge in [-0.3, -0.25) is 9.13 Å². The lowest BCUT2D eigenvalue weighted by molar-refractivity contribution is 0.194. The van der Waals surface area contributed by atoms with Crippen molar-refractivity contribution in [2.24, 2.45) is 0 Å². The number of fused-ring (bicyclic) bond motifs is 1. The van der Waals surface area contributed by atoms with Gasteiger partial charge in [-0.05, 0) is 48.8 Å². The van der Waals surface area contributed by atoms with E-state index >= 15 is 0 Å². The van der Waals surface area contributed by atoms with Gasteiger partial charge in [0.1, 0.15) is 5.75 Å². The summed E-state index contributed by atoms with van der Waals surface area (Å²) in [5.41, 5.74) is 0.611. The second kappa shape index (κ2) is 16.5. The van der Waals surface area contributed by atoms with Crippen LogP contribution in [0.2, 0.25) is 0 Å². The molecule has 37 heavy (non-hydrogen) atoms. The van der Waals surface area contributed by atoms with Gasteiger partial charge < -0.3 is 23.2 Å². The molecule has 0 aromatic heterocycles. The molecule has 0 unspecified atom stereocenters. The summed E-state index contributed by atoms with van der Waals surface area (Å²) >= 11 is 0. The highest BCUT2D eigenvalue weighted by molar-refractivity contribution is 7.79. The fourth-order valence-corrected chi connectivity index (χ4v) is 8.18. The summed E-state index contributed by atoms with van der Waals surface area (Å²) in [7, 11) is -8.16. The van der Waals surface area contributed by atoms with E-state index in [-0.39, 0.29) is 37.2 Å². The van der Waals surface area contributed by atoms with Gasteiger partial charge >= 0.3 is 15.2 Å². The summed E-state index contributed by atoms with van der Waals surface area (Å²) in [4.78, 5) is 0. The molecule has 2 aromatic rings. The molecule has 0 spiro atoms. The van der Waals surface area contributed by atoms with E-state index in [1.165, 1.54) is 0 Å². The zero-order valence-corrected chi connectivity index (χ0v) is 24.6. The zero-order valence-electron chi connectivity index (χ0n) is 22.8. The maximum atomic E-state index is 14.5. The Morgan fingerprint density at radius 3 is 1.49 bits per heavy atom. The van der Waals surface area contributed by atoms with Crippen molar-refractivity contribution in [3.8, 4) is 5.75 Å². The first kappa shape index (κ1) is 31.8. The number of phenolic OH excluding ortho intramolecular Hbond substituents is 1. The van der Waals surface area contributed by atoms with Crippen molar-refractivity contribution in [3.63, 3.8) is 0 Å². The molecule has 0 radical (unpaired) electrons. The maximum Gasteiger partial charge on any atom is 0.369 e. The smallest absolute Gasteiger partial charge is 0.369 e. The van der Waals surface area contributed by atoms with Crippen LogP contribution in [0.4, 0.5) is 0 Å². The third-order valence-corrected chi connectivity index (χ3v) is 10.8. The van der Waals surface area contributed by atoms with Gasteiger partial charge in [-0.15, -0.1) is 0 Å². The molecule has 0 amide bonds. The Hall–Kier alpha value is -1.46. The van der Waals surface area contributed by atoms with E-state index in [4.69, 9.17) is 18.1 Å². The van der Waals surface area contributed by atoms with Crippen LogP contribution < -0.4 is 0 Å². The first-order valence-corrected chi connectivity index (χ1v) is 16.7. The van der Waals surface area contributed by atoms with Gasteiger partial charge in [0, 0.05) is 5.39 Å². The Balaban J connectivity index is 2.74. The minimum absolute atomic E-state index is 0.0877. The highest BCUT2D eigenvalue weighted by atomic mass is 31.2. The molecule has 7 nitrogen and oxygen atoms in total. The highest BCUT2D eigenvalue weighted by Crippen LogP contribution is 2.74. The van der Waals surface area contributed by atoms with Gasteiger partial charge in [0.2, 0.25) is 0 Å². The Bertz CT molecular complexity index is 1020. The third kappa shape index (κ3) is 9.35. The normalized spacial score (nSPS) is 12.2. The molecule has 9 heteroatoms. The Morgan fingerprint density at radius 1 is 0.676 bits per heavy atom. The van der Waals surface area contributed by atoms with E-state index in [1.54, 1.807) is 24.3 Å². The van der Waals surface area contributed by atoms with Crippen molar-refractivity contribution in [1.82, 2.24) is 0 Å². The van der Waals surface area contributed by atoms with Gasteiger partial charge in [-0.2, -0.15) is 0 Å². The number of hydrogen-bond donors (Lipinski definition) is 1. The molecule has 2 aromatic carbocycles. The van der Waals surface area contributed by atoms with Crippen LogP contribution in [0.1, 0.15) is 84.6 Å². The second-order valence-electron chi connectivity index (χ2n) is 8.96. The molecular formula is C28H44O7P2. The summed E-state index contributed by atoms with van der Waals surface area (Å²) in [6.45, 7) is 8.82. The van der Waals surface area contributed by atoms with Gasteiger partial charge in [0.05, 0.1) is 26.4 Å². The van der Waals surface area contributed by atoms with Gasteiger partial charge in [0.25, 0.3) is 0 Å². The van der Waals surface area contributed by atoms with E-state index in [9.17, 15) is 14.2 Å². The number of hydrogen-bond acceptors (Lipinski definition) is 7. The van der Waals surface area contributed by atoms with E-state index in [0.29, 0.717) is 42.0 Å². The van der Waals surface area contributed by atoms with Gasteiger partial charge in [-0.1, -0.05) is 83.7 Å². The first-order chi connectivity index (χ1) is 17.8. The molecule has 0 atom stereocenters. The fraction of sp³-hybridized carbons (Fsp3) is 0.571. The summed E-state index contributed by atoms with van der Waals surface area (Å²) < 4.78 is 52.7. The van der Waals surface area contributed by atoms with Crippen LogP contribution in [0.5, 0.6) is 5.75 Å². The SMILES string of the molecule is CCCCOP(=O)(OCCCC)C(=Cc1ccc(O)c2ccccc12)P(=O)(OCCCC)OCCCC. The predicted octanol–water partition coefficient (Wildman–Crippen LogP) is 9.50. The third-order valence-electron chi connectivity index (χ3n) is 5.82. The molecule has 0 aliphatic heterocycles. The summed E-state index contributed by atoms with van der Waals surface area (Å²) in [6, 6.07) is 10.6. The summed E-state index contributed by atoms with van der Waals surface area (Å²) in [6.07, 6.45) is 7.63. The standard InChI is InChI=1S/C28H44O7P2/c1-5-9-19-32-36(30,33-20-10-6-2)28(37(31,34-21-11-7-3)35-22-12-8-4)23-24-17-18-27(29)26-16-14-13-15-25(24)26/h13-18,23,29H,5-12,19-22H2,1-4H3. The first-order valence-electron chi connectivity index (χ1n) is 13.6. The molecular weight excluding hydrogens is 510 g/mol. The molecule has 1 N–H and O–H groups in total. The van der Waals surface area contributed by atoms with Crippen molar-refractivity contribution in [2.75, 3.05) is 26.4 Å². The average molecular weight is 555 g/mol. The Kier molecular flexibility index (Phi) is 14.2. The van der Waals surface area contributed by atoms with Crippen LogP contribution in [0.15, 0.2) is 41.5 Å². The monoisotopic (exact) mass is 554 g/mol. The molecule has 0 aliphatic carbocycles. The average Bonchev–Trinajstić information content (AvgIpc) is 2.89. The van der Waals surface area contributed by atoms with Crippen molar-refractivity contribution in [3.05, 3.63) is 47.0 Å². The number of rotatable bonds is 19. The van der Waals surface area contributed by atoms with Crippen molar-refractivity contribution < 1.29 is 32.3 Å². The second-order valence-corrected chi connectivity index (χ2v) is 13.3. The molecule has 208 valence electrons. The lowest BCUT2D eigenvalue weighted by Crippen LogP contribution is -2.07. The molecule has 2 rings (SSSR count). The largest absolute Gasteiger partial charge is 0.507 e. The molecule has 0 saturated carbocycles. The molecule has 0 fully saturated rings. The van der Waals surface area contributed by atoms with Crippen LogP contribution in [-0.4, -0.2) is 31.5 Å². The minimum Gasteiger partial charge on any atom is -0.507 e. The lowest BCUT2D eigenvalue weighted by Gasteiger charge is -2.27. The van der Waals surface area contributed by atoms with Crippen LogP contribution in [0.25, 0.3) is 16.8 Å². The topological polar surface area (TPSA) is 91.3 Å².